The summed E-state index contributed by atoms with van der Waals surface area (Å²) in [6.45, 7) is 5.04. The van der Waals surface area contributed by atoms with E-state index in [-0.39, 0.29) is 5.56 Å². The zero-order chi connectivity index (χ0) is 16.2. The van der Waals surface area contributed by atoms with Gasteiger partial charge >= 0.3 is 12.1 Å². The van der Waals surface area contributed by atoms with Crippen molar-refractivity contribution in [2.24, 2.45) is 0 Å². The Balaban J connectivity index is 2.98. The van der Waals surface area contributed by atoms with Gasteiger partial charge in [0.1, 0.15) is 11.4 Å². The largest absolute Gasteiger partial charge is 0.481 e. The van der Waals surface area contributed by atoms with Gasteiger partial charge in [0.05, 0.1) is 12.5 Å². The fourth-order valence-corrected chi connectivity index (χ4v) is 2.02. The molecule has 21 heavy (non-hydrogen) atoms. The third-order valence-electron chi connectivity index (χ3n) is 2.40. The van der Waals surface area contributed by atoms with Gasteiger partial charge in [-0.1, -0.05) is 15.9 Å². The van der Waals surface area contributed by atoms with Gasteiger partial charge in [-0.05, 0) is 39.0 Å². The molecule has 0 saturated carbocycles. The van der Waals surface area contributed by atoms with E-state index < -0.39 is 35.9 Å². The number of nitrogens with one attached hydrogen (secondary N) is 1. The zero-order valence-electron chi connectivity index (χ0n) is 11.9. The number of rotatable bonds is 4. The molecule has 0 heterocycles. The summed E-state index contributed by atoms with van der Waals surface area (Å²) in [5.74, 6) is -1.75. The monoisotopic (exact) mass is 361 g/mol. The van der Waals surface area contributed by atoms with Gasteiger partial charge in [0.15, 0.2) is 0 Å². The number of hydrogen-bond acceptors (Lipinski definition) is 3. The van der Waals surface area contributed by atoms with Crippen LogP contribution in [0.25, 0.3) is 0 Å². The van der Waals surface area contributed by atoms with Crippen LogP contribution in [0.4, 0.5) is 9.18 Å². The van der Waals surface area contributed by atoms with Crippen LogP contribution >= 0.6 is 15.9 Å². The summed E-state index contributed by atoms with van der Waals surface area (Å²) in [5.41, 5.74) is -0.647. The molecule has 0 radical (unpaired) electrons. The number of carbonyl (C=O) groups excluding carboxylic acids is 1. The third kappa shape index (κ3) is 6.12. The van der Waals surface area contributed by atoms with E-state index in [1.807, 2.05) is 0 Å². The molecule has 1 atom stereocenters. The van der Waals surface area contributed by atoms with E-state index in [9.17, 15) is 14.0 Å². The highest BCUT2D eigenvalue weighted by Crippen LogP contribution is 2.24. The van der Waals surface area contributed by atoms with Gasteiger partial charge in [-0.2, -0.15) is 0 Å². The van der Waals surface area contributed by atoms with Crippen LogP contribution in [0.15, 0.2) is 22.7 Å². The molecule has 0 aliphatic rings. The van der Waals surface area contributed by atoms with Crippen LogP contribution in [0.3, 0.4) is 0 Å². The minimum absolute atomic E-state index is 0.0811. The standard InChI is InChI=1S/C14H17BrFNO4/c1-14(2,3)21-13(20)17-11(7-12(18)19)9-6-8(15)4-5-10(9)16/h4-6,11H,7H2,1-3H3,(H,17,20)(H,18,19)/t11-/m0/s1. The maximum Gasteiger partial charge on any atom is 0.408 e. The molecule has 1 aromatic carbocycles. The number of hydrogen-bond donors (Lipinski definition) is 2. The minimum Gasteiger partial charge on any atom is -0.481 e. The maximum absolute atomic E-state index is 13.9. The maximum atomic E-state index is 13.9. The normalized spacial score (nSPS) is 12.6. The summed E-state index contributed by atoms with van der Waals surface area (Å²) in [6.07, 6.45) is -1.25. The lowest BCUT2D eigenvalue weighted by Crippen LogP contribution is -2.36. The van der Waals surface area contributed by atoms with E-state index >= 15 is 0 Å². The summed E-state index contributed by atoms with van der Waals surface area (Å²) in [7, 11) is 0. The summed E-state index contributed by atoms with van der Waals surface area (Å²) in [4.78, 5) is 22.7. The Hall–Kier alpha value is -1.63. The number of amides is 1. The zero-order valence-corrected chi connectivity index (χ0v) is 13.5. The van der Waals surface area contributed by atoms with E-state index in [0.717, 1.165) is 0 Å². The Bertz CT molecular complexity index is 542. The first-order valence-corrected chi connectivity index (χ1v) is 7.04. The van der Waals surface area contributed by atoms with Gasteiger partial charge in [0, 0.05) is 10.0 Å². The smallest absolute Gasteiger partial charge is 0.408 e. The molecule has 0 bridgehead atoms. The number of aliphatic carboxylic acids is 1. The fourth-order valence-electron chi connectivity index (χ4n) is 1.64. The van der Waals surface area contributed by atoms with Gasteiger partial charge < -0.3 is 15.2 Å². The highest BCUT2D eigenvalue weighted by Gasteiger charge is 2.24. The number of halogens is 2. The minimum atomic E-state index is -1.16. The molecular formula is C14H17BrFNO4. The molecule has 0 aliphatic carbocycles. The summed E-state index contributed by atoms with van der Waals surface area (Å²) in [6, 6.07) is 3.10. The van der Waals surface area contributed by atoms with Crippen molar-refractivity contribution in [1.29, 1.82) is 0 Å². The van der Waals surface area contributed by atoms with Crippen molar-refractivity contribution in [3.63, 3.8) is 0 Å². The van der Waals surface area contributed by atoms with Crippen molar-refractivity contribution in [3.05, 3.63) is 34.1 Å². The molecular weight excluding hydrogens is 345 g/mol. The number of alkyl carbamates (subject to hydrolysis) is 1. The van der Waals surface area contributed by atoms with E-state index in [1.54, 1.807) is 20.8 Å². The van der Waals surface area contributed by atoms with Crippen LogP contribution in [-0.4, -0.2) is 22.8 Å². The lowest BCUT2D eigenvalue weighted by molar-refractivity contribution is -0.137. The highest BCUT2D eigenvalue weighted by molar-refractivity contribution is 9.10. The summed E-state index contributed by atoms with van der Waals surface area (Å²) >= 11 is 3.19. The van der Waals surface area contributed by atoms with Crippen LogP contribution in [0, 0.1) is 5.82 Å². The SMILES string of the molecule is CC(C)(C)OC(=O)N[C@@H](CC(=O)O)c1cc(Br)ccc1F. The van der Waals surface area contributed by atoms with E-state index in [2.05, 4.69) is 21.2 Å². The Morgan fingerprint density at radius 1 is 1.43 bits per heavy atom. The molecule has 0 fully saturated rings. The van der Waals surface area contributed by atoms with E-state index in [4.69, 9.17) is 9.84 Å². The molecule has 1 aromatic rings. The van der Waals surface area contributed by atoms with E-state index in [0.29, 0.717) is 4.47 Å². The molecule has 0 saturated heterocycles. The number of carbonyl (C=O) groups is 2. The number of carboxylic acids is 1. The van der Waals surface area contributed by atoms with Gasteiger partial charge in [-0.25, -0.2) is 9.18 Å². The lowest BCUT2D eigenvalue weighted by atomic mass is 10.0. The molecule has 2 N–H and O–H groups in total. The Labute approximate surface area is 130 Å². The average Bonchev–Trinajstić information content (AvgIpc) is 2.28. The van der Waals surface area contributed by atoms with Crippen molar-refractivity contribution in [3.8, 4) is 0 Å². The molecule has 0 aliphatic heterocycles. The first kappa shape index (κ1) is 17.4. The topological polar surface area (TPSA) is 75.6 Å². The quantitative estimate of drug-likeness (QED) is 0.858. The molecule has 0 unspecified atom stereocenters. The van der Waals surface area contributed by atoms with Crippen LogP contribution in [0.1, 0.15) is 38.8 Å². The van der Waals surface area contributed by atoms with Crippen molar-refractivity contribution >= 4 is 28.0 Å². The first-order valence-electron chi connectivity index (χ1n) is 6.25. The summed E-state index contributed by atoms with van der Waals surface area (Å²) < 4.78 is 19.5. The van der Waals surface area contributed by atoms with Crippen LogP contribution in [0.2, 0.25) is 0 Å². The molecule has 0 spiro atoms. The fraction of sp³-hybridized carbons (Fsp3) is 0.429. The summed E-state index contributed by atoms with van der Waals surface area (Å²) in [5, 5.41) is 11.3. The number of benzene rings is 1. The molecule has 1 rings (SSSR count). The van der Waals surface area contributed by atoms with Crippen LogP contribution in [0.5, 0.6) is 0 Å². The predicted octanol–water partition coefficient (Wildman–Crippen LogP) is 3.63. The average molecular weight is 362 g/mol. The molecule has 7 heteroatoms. The van der Waals surface area contributed by atoms with Crippen LogP contribution < -0.4 is 5.32 Å². The number of ether oxygens (including phenoxy) is 1. The lowest BCUT2D eigenvalue weighted by Gasteiger charge is -2.23. The Kier molecular flexibility index (Phi) is 5.71. The first-order chi connectivity index (χ1) is 9.58. The van der Waals surface area contributed by atoms with Gasteiger partial charge in [0.25, 0.3) is 0 Å². The molecule has 0 aromatic heterocycles. The second-order valence-electron chi connectivity index (χ2n) is 5.46. The van der Waals surface area contributed by atoms with Gasteiger partial charge in [-0.15, -0.1) is 0 Å². The second-order valence-corrected chi connectivity index (χ2v) is 6.38. The molecule has 5 nitrogen and oxygen atoms in total. The number of carboxylic acid groups (broad SMARTS) is 1. The predicted molar refractivity (Wildman–Crippen MR) is 78.5 cm³/mol. The molecule has 1 amide bonds. The Morgan fingerprint density at radius 3 is 2.57 bits per heavy atom. The van der Waals surface area contributed by atoms with Crippen molar-refractivity contribution in [2.45, 2.75) is 38.8 Å². The second kappa shape index (κ2) is 6.89. The van der Waals surface area contributed by atoms with Crippen molar-refractivity contribution in [1.82, 2.24) is 5.32 Å². The highest BCUT2D eigenvalue weighted by atomic mass is 79.9. The van der Waals surface area contributed by atoms with E-state index in [1.165, 1.54) is 18.2 Å². The third-order valence-corrected chi connectivity index (χ3v) is 2.90. The Morgan fingerprint density at radius 2 is 2.05 bits per heavy atom. The van der Waals surface area contributed by atoms with Crippen molar-refractivity contribution in [2.75, 3.05) is 0 Å². The molecule has 116 valence electrons. The van der Waals surface area contributed by atoms with Crippen molar-refractivity contribution < 1.29 is 23.8 Å². The van der Waals surface area contributed by atoms with Crippen LogP contribution in [-0.2, 0) is 9.53 Å². The van der Waals surface area contributed by atoms with Gasteiger partial charge in [0.2, 0.25) is 0 Å². The van der Waals surface area contributed by atoms with Gasteiger partial charge in [-0.3, -0.25) is 4.79 Å².